The SMILES string of the molecule is O=C(NCCN1CCCCC1)c1ccc2c(c1)Nc1cccc(O)c1CN2. The number of nitrogens with zero attached hydrogens (tertiary/aromatic N) is 1. The number of phenolic OH excluding ortho intramolecular Hbond substituents is 1. The summed E-state index contributed by atoms with van der Waals surface area (Å²) in [5.74, 6) is 0.202. The summed E-state index contributed by atoms with van der Waals surface area (Å²) in [4.78, 5) is 15.0. The number of likely N-dealkylation sites (tertiary alicyclic amines) is 1. The maximum Gasteiger partial charge on any atom is 0.251 e. The van der Waals surface area contributed by atoms with Gasteiger partial charge in [0.1, 0.15) is 5.75 Å². The molecule has 0 saturated carbocycles. The first kappa shape index (κ1) is 17.7. The molecule has 1 saturated heterocycles. The lowest BCUT2D eigenvalue weighted by atomic mass is 10.1. The molecule has 2 aromatic carbocycles. The molecule has 0 aromatic heterocycles. The highest BCUT2D eigenvalue weighted by molar-refractivity contribution is 5.97. The van der Waals surface area contributed by atoms with Crippen LogP contribution in [-0.2, 0) is 6.54 Å². The number of aromatic hydroxyl groups is 1. The molecule has 0 radical (unpaired) electrons. The summed E-state index contributed by atoms with van der Waals surface area (Å²) in [6, 6.07) is 11.0. The average molecular weight is 366 g/mol. The van der Waals surface area contributed by atoms with Gasteiger partial charge < -0.3 is 26.0 Å². The van der Waals surface area contributed by atoms with Crippen molar-refractivity contribution in [2.75, 3.05) is 36.8 Å². The lowest BCUT2D eigenvalue weighted by Crippen LogP contribution is -2.37. The van der Waals surface area contributed by atoms with Crippen LogP contribution in [0.3, 0.4) is 0 Å². The quantitative estimate of drug-likeness (QED) is 0.668. The fourth-order valence-corrected chi connectivity index (χ4v) is 3.76. The number of carbonyl (C=O) groups is 1. The van der Waals surface area contributed by atoms with Gasteiger partial charge in [0.25, 0.3) is 5.91 Å². The van der Waals surface area contributed by atoms with Crippen molar-refractivity contribution < 1.29 is 9.90 Å². The van der Waals surface area contributed by atoms with Crippen LogP contribution in [0.4, 0.5) is 17.1 Å². The van der Waals surface area contributed by atoms with Crippen molar-refractivity contribution in [3.8, 4) is 5.75 Å². The topological polar surface area (TPSA) is 76.6 Å². The molecular formula is C21H26N4O2. The van der Waals surface area contributed by atoms with Crippen LogP contribution in [0.25, 0.3) is 0 Å². The second-order valence-electron chi connectivity index (χ2n) is 7.20. The fourth-order valence-electron chi connectivity index (χ4n) is 3.76. The maximum atomic E-state index is 12.5. The van der Waals surface area contributed by atoms with Gasteiger partial charge in [-0.1, -0.05) is 12.5 Å². The Balaban J connectivity index is 1.42. The average Bonchev–Trinajstić information content (AvgIpc) is 2.88. The first-order valence-electron chi connectivity index (χ1n) is 9.67. The van der Waals surface area contributed by atoms with Crippen molar-refractivity contribution in [3.63, 3.8) is 0 Å². The van der Waals surface area contributed by atoms with Crippen molar-refractivity contribution in [3.05, 3.63) is 47.5 Å². The minimum absolute atomic E-state index is 0.0583. The van der Waals surface area contributed by atoms with Gasteiger partial charge in [0.05, 0.1) is 11.4 Å². The molecule has 0 spiro atoms. The summed E-state index contributed by atoms with van der Waals surface area (Å²) in [7, 11) is 0. The molecule has 2 heterocycles. The zero-order valence-electron chi connectivity index (χ0n) is 15.4. The van der Waals surface area contributed by atoms with E-state index in [1.807, 2.05) is 30.3 Å². The normalized spacial score (nSPS) is 16.3. The second-order valence-corrected chi connectivity index (χ2v) is 7.20. The van der Waals surface area contributed by atoms with E-state index in [2.05, 4.69) is 20.9 Å². The van der Waals surface area contributed by atoms with Gasteiger partial charge in [0.2, 0.25) is 0 Å². The van der Waals surface area contributed by atoms with Crippen molar-refractivity contribution >= 4 is 23.0 Å². The Morgan fingerprint density at radius 1 is 1.07 bits per heavy atom. The Morgan fingerprint density at radius 2 is 1.93 bits per heavy atom. The number of piperidine rings is 1. The molecule has 2 aliphatic heterocycles. The van der Waals surface area contributed by atoms with Crippen LogP contribution in [-0.4, -0.2) is 42.1 Å². The molecule has 4 N–H and O–H groups in total. The molecule has 27 heavy (non-hydrogen) atoms. The van der Waals surface area contributed by atoms with E-state index in [1.54, 1.807) is 6.07 Å². The molecule has 6 heteroatoms. The molecule has 1 amide bonds. The highest BCUT2D eigenvalue weighted by Gasteiger charge is 2.17. The number of benzene rings is 2. The van der Waals surface area contributed by atoms with Crippen LogP contribution in [0.5, 0.6) is 5.75 Å². The minimum Gasteiger partial charge on any atom is -0.508 e. The molecule has 0 aliphatic carbocycles. The van der Waals surface area contributed by atoms with E-state index in [4.69, 9.17) is 0 Å². The predicted molar refractivity (Wildman–Crippen MR) is 108 cm³/mol. The Kier molecular flexibility index (Phi) is 5.16. The summed E-state index contributed by atoms with van der Waals surface area (Å²) >= 11 is 0. The number of phenols is 1. The zero-order chi connectivity index (χ0) is 18.6. The van der Waals surface area contributed by atoms with Crippen molar-refractivity contribution in [1.82, 2.24) is 10.2 Å². The first-order chi connectivity index (χ1) is 13.2. The van der Waals surface area contributed by atoms with Gasteiger partial charge in [0, 0.05) is 36.4 Å². The van der Waals surface area contributed by atoms with E-state index in [0.717, 1.165) is 42.3 Å². The molecule has 0 unspecified atom stereocenters. The molecule has 2 aromatic rings. The van der Waals surface area contributed by atoms with E-state index in [-0.39, 0.29) is 11.7 Å². The molecule has 6 nitrogen and oxygen atoms in total. The van der Waals surface area contributed by atoms with E-state index in [1.165, 1.54) is 19.3 Å². The van der Waals surface area contributed by atoms with Crippen LogP contribution in [0.15, 0.2) is 36.4 Å². The van der Waals surface area contributed by atoms with Gasteiger partial charge >= 0.3 is 0 Å². The number of hydrogen-bond acceptors (Lipinski definition) is 5. The Morgan fingerprint density at radius 3 is 2.78 bits per heavy atom. The first-order valence-corrected chi connectivity index (χ1v) is 9.67. The third-order valence-corrected chi connectivity index (χ3v) is 5.32. The highest BCUT2D eigenvalue weighted by atomic mass is 16.3. The number of hydrogen-bond donors (Lipinski definition) is 4. The van der Waals surface area contributed by atoms with Crippen LogP contribution in [0, 0.1) is 0 Å². The number of rotatable bonds is 4. The Labute approximate surface area is 159 Å². The molecule has 142 valence electrons. The van der Waals surface area contributed by atoms with Gasteiger partial charge in [-0.3, -0.25) is 4.79 Å². The predicted octanol–water partition coefficient (Wildman–Crippen LogP) is 3.28. The van der Waals surface area contributed by atoms with Crippen LogP contribution < -0.4 is 16.0 Å². The number of nitrogens with one attached hydrogen (secondary N) is 3. The molecule has 2 aliphatic rings. The van der Waals surface area contributed by atoms with Gasteiger partial charge in [-0.2, -0.15) is 0 Å². The number of carbonyl (C=O) groups excluding carboxylic acids is 1. The van der Waals surface area contributed by atoms with Crippen LogP contribution >= 0.6 is 0 Å². The second kappa shape index (κ2) is 7.88. The highest BCUT2D eigenvalue weighted by Crippen LogP contribution is 2.35. The van der Waals surface area contributed by atoms with Gasteiger partial charge in [0.15, 0.2) is 0 Å². The molecular weight excluding hydrogens is 340 g/mol. The zero-order valence-corrected chi connectivity index (χ0v) is 15.4. The van der Waals surface area contributed by atoms with E-state index < -0.39 is 0 Å². The summed E-state index contributed by atoms with van der Waals surface area (Å²) in [6.45, 7) is 4.37. The monoisotopic (exact) mass is 366 g/mol. The molecule has 4 rings (SSSR count). The third-order valence-electron chi connectivity index (χ3n) is 5.32. The van der Waals surface area contributed by atoms with Gasteiger partial charge in [-0.25, -0.2) is 0 Å². The lowest BCUT2D eigenvalue weighted by Gasteiger charge is -2.26. The van der Waals surface area contributed by atoms with Crippen molar-refractivity contribution in [2.24, 2.45) is 0 Å². The van der Waals surface area contributed by atoms with E-state index in [0.29, 0.717) is 18.7 Å². The summed E-state index contributed by atoms with van der Waals surface area (Å²) < 4.78 is 0. The van der Waals surface area contributed by atoms with Crippen LogP contribution in [0.2, 0.25) is 0 Å². The minimum atomic E-state index is -0.0583. The van der Waals surface area contributed by atoms with Crippen LogP contribution in [0.1, 0.15) is 35.2 Å². The van der Waals surface area contributed by atoms with Crippen molar-refractivity contribution in [1.29, 1.82) is 0 Å². The summed E-state index contributed by atoms with van der Waals surface area (Å²) in [5.41, 5.74) is 4.05. The number of fused-ring (bicyclic) bond motifs is 2. The lowest BCUT2D eigenvalue weighted by molar-refractivity contribution is 0.0946. The summed E-state index contributed by atoms with van der Waals surface area (Å²) in [5, 5.41) is 19.7. The third kappa shape index (κ3) is 4.01. The Bertz CT molecular complexity index is 831. The van der Waals surface area contributed by atoms with E-state index in [9.17, 15) is 9.90 Å². The van der Waals surface area contributed by atoms with Gasteiger partial charge in [-0.05, 0) is 56.3 Å². The largest absolute Gasteiger partial charge is 0.508 e. The number of amides is 1. The molecule has 1 fully saturated rings. The Hall–Kier alpha value is -2.73. The van der Waals surface area contributed by atoms with E-state index >= 15 is 0 Å². The fraction of sp³-hybridized carbons (Fsp3) is 0.381. The smallest absolute Gasteiger partial charge is 0.251 e. The van der Waals surface area contributed by atoms with Gasteiger partial charge in [-0.15, -0.1) is 0 Å². The summed E-state index contributed by atoms with van der Waals surface area (Å²) in [6.07, 6.45) is 3.84. The molecule has 0 bridgehead atoms. The maximum absolute atomic E-state index is 12.5. The molecule has 0 atom stereocenters. The van der Waals surface area contributed by atoms with Crippen molar-refractivity contribution in [2.45, 2.75) is 25.8 Å². The standard InChI is InChI=1S/C21H26N4O2/c26-20-6-4-5-17-16(20)14-23-18-8-7-15(13-19(18)24-17)21(27)22-9-12-25-10-2-1-3-11-25/h4-8,13,23-24,26H,1-3,9-12,14H2,(H,22,27). The number of anilines is 3.